The lowest BCUT2D eigenvalue weighted by Gasteiger charge is -2.29. The van der Waals surface area contributed by atoms with Crippen LogP contribution in [0.2, 0.25) is 0 Å². The third-order valence-corrected chi connectivity index (χ3v) is 7.86. The van der Waals surface area contributed by atoms with Crippen molar-refractivity contribution >= 4 is 38.9 Å². The Morgan fingerprint density at radius 3 is 2.42 bits per heavy atom. The van der Waals surface area contributed by atoms with E-state index in [4.69, 9.17) is 4.74 Å². The molecule has 1 aromatic carbocycles. The van der Waals surface area contributed by atoms with Gasteiger partial charge in [0, 0.05) is 18.8 Å². The van der Waals surface area contributed by atoms with Gasteiger partial charge in [0.25, 0.3) is 15.9 Å². The van der Waals surface area contributed by atoms with Crippen LogP contribution in [-0.4, -0.2) is 50.9 Å². The Kier molecular flexibility index (Phi) is 7.57. The first-order chi connectivity index (χ1) is 14.8. The minimum atomic E-state index is -3.55. The van der Waals surface area contributed by atoms with Crippen LogP contribution in [0, 0.1) is 5.92 Å². The van der Waals surface area contributed by atoms with Crippen LogP contribution >= 0.6 is 11.3 Å². The summed E-state index contributed by atoms with van der Waals surface area (Å²) < 4.78 is 60.1. The fourth-order valence-corrected chi connectivity index (χ4v) is 5.65. The molecule has 8 nitrogen and oxygen atoms in total. The van der Waals surface area contributed by atoms with Crippen LogP contribution in [0.4, 0.5) is 14.5 Å². The Bertz CT molecular complexity index is 989. The molecule has 1 N–H and O–H groups in total. The summed E-state index contributed by atoms with van der Waals surface area (Å²) in [7, 11) is -3.55. The van der Waals surface area contributed by atoms with E-state index in [1.807, 2.05) is 0 Å². The van der Waals surface area contributed by atoms with Gasteiger partial charge >= 0.3 is 12.6 Å². The number of ether oxygens (including phenoxy) is 2. The van der Waals surface area contributed by atoms with Crippen LogP contribution < -0.4 is 10.1 Å². The van der Waals surface area contributed by atoms with Crippen LogP contribution in [0.25, 0.3) is 0 Å². The van der Waals surface area contributed by atoms with Gasteiger partial charge in [-0.25, -0.2) is 8.42 Å². The van der Waals surface area contributed by atoms with Crippen LogP contribution in [0.1, 0.15) is 12.8 Å². The standard InChI is InChI=1S/C19H20F2N2O6S2/c20-19(21)29-15-5-3-14(4-6-15)22-16(24)12-28-18(25)13-7-9-23(10-8-13)31(26,27)17-2-1-11-30-17/h1-6,11,13,19H,7-10,12H2,(H,22,24). The average Bonchev–Trinajstić information content (AvgIpc) is 3.29. The SMILES string of the molecule is O=C(COC(=O)C1CCN(S(=O)(=O)c2cccs2)CC1)Nc1ccc(OC(F)F)cc1. The monoisotopic (exact) mass is 474 g/mol. The van der Waals surface area contributed by atoms with Crippen LogP contribution in [-0.2, 0) is 24.3 Å². The number of rotatable bonds is 8. The van der Waals surface area contributed by atoms with Crippen LogP contribution in [0.5, 0.6) is 5.75 Å². The molecule has 1 saturated heterocycles. The van der Waals surface area contributed by atoms with E-state index in [9.17, 15) is 26.8 Å². The predicted octanol–water partition coefficient (Wildman–Crippen LogP) is 2.93. The fraction of sp³-hybridized carbons (Fsp3) is 0.368. The van der Waals surface area contributed by atoms with Gasteiger partial charge in [-0.15, -0.1) is 11.3 Å². The molecule has 1 aliphatic rings. The molecule has 1 aliphatic heterocycles. The zero-order chi connectivity index (χ0) is 22.4. The summed E-state index contributed by atoms with van der Waals surface area (Å²) in [5.74, 6) is -1.70. The van der Waals surface area contributed by atoms with E-state index in [2.05, 4.69) is 10.1 Å². The first-order valence-corrected chi connectivity index (χ1v) is 11.6. The van der Waals surface area contributed by atoms with Gasteiger partial charge in [0.1, 0.15) is 9.96 Å². The zero-order valence-corrected chi connectivity index (χ0v) is 17.8. The maximum Gasteiger partial charge on any atom is 0.387 e. The van der Waals surface area contributed by atoms with Gasteiger partial charge in [0.2, 0.25) is 0 Å². The van der Waals surface area contributed by atoms with Crippen molar-refractivity contribution < 1.29 is 36.3 Å². The van der Waals surface area contributed by atoms with Crippen LogP contribution in [0.15, 0.2) is 46.0 Å². The molecule has 12 heteroatoms. The lowest BCUT2D eigenvalue weighted by Crippen LogP contribution is -2.40. The van der Waals surface area contributed by atoms with Crippen LogP contribution in [0.3, 0.4) is 0 Å². The molecule has 0 spiro atoms. The Morgan fingerprint density at radius 2 is 1.84 bits per heavy atom. The second-order valence-electron chi connectivity index (χ2n) is 6.67. The molecule has 31 heavy (non-hydrogen) atoms. The molecule has 0 atom stereocenters. The number of hydrogen-bond donors (Lipinski definition) is 1. The molecular weight excluding hydrogens is 454 g/mol. The third kappa shape index (κ3) is 6.21. The van der Waals surface area contributed by atoms with Crippen molar-refractivity contribution in [1.82, 2.24) is 4.31 Å². The maximum atomic E-state index is 12.5. The molecule has 0 unspecified atom stereocenters. The number of halogens is 2. The summed E-state index contributed by atoms with van der Waals surface area (Å²) >= 11 is 1.14. The van der Waals surface area contributed by atoms with E-state index in [0.29, 0.717) is 18.5 Å². The quantitative estimate of drug-likeness (QED) is 0.591. The maximum absolute atomic E-state index is 12.5. The molecule has 168 valence electrons. The number of anilines is 1. The number of nitrogens with zero attached hydrogens (tertiary/aromatic N) is 1. The number of alkyl halides is 2. The van der Waals surface area contributed by atoms with Gasteiger partial charge in [-0.1, -0.05) is 6.07 Å². The van der Waals surface area contributed by atoms with Crippen molar-refractivity contribution in [2.24, 2.45) is 5.92 Å². The molecule has 0 saturated carbocycles. The molecule has 1 amide bonds. The third-order valence-electron chi connectivity index (χ3n) is 4.59. The number of carbonyl (C=O) groups is 2. The van der Waals surface area contributed by atoms with Crippen molar-refractivity contribution in [1.29, 1.82) is 0 Å². The number of nitrogens with one attached hydrogen (secondary N) is 1. The number of carbonyl (C=O) groups excluding carboxylic acids is 2. The summed E-state index contributed by atoms with van der Waals surface area (Å²) in [5, 5.41) is 4.17. The summed E-state index contributed by atoms with van der Waals surface area (Å²) in [6, 6.07) is 8.50. The topological polar surface area (TPSA) is 102 Å². The van der Waals surface area contributed by atoms with E-state index in [0.717, 1.165) is 11.3 Å². The lowest BCUT2D eigenvalue weighted by atomic mass is 9.98. The van der Waals surface area contributed by atoms with Gasteiger partial charge in [0.15, 0.2) is 6.61 Å². The number of piperidine rings is 1. The molecule has 2 heterocycles. The largest absolute Gasteiger partial charge is 0.455 e. The first kappa shape index (κ1) is 23.1. The molecule has 2 aromatic rings. The summed E-state index contributed by atoms with van der Waals surface area (Å²) in [6.07, 6.45) is 0.604. The van der Waals surface area contributed by atoms with Gasteiger partial charge in [0.05, 0.1) is 5.92 Å². The second-order valence-corrected chi connectivity index (χ2v) is 9.78. The number of sulfonamides is 1. The predicted molar refractivity (Wildman–Crippen MR) is 108 cm³/mol. The highest BCUT2D eigenvalue weighted by molar-refractivity contribution is 7.91. The van der Waals surface area contributed by atoms with Crippen molar-refractivity contribution in [2.75, 3.05) is 25.0 Å². The molecule has 3 rings (SSSR count). The van der Waals surface area contributed by atoms with E-state index in [1.54, 1.807) is 17.5 Å². The second kappa shape index (κ2) is 10.2. The van der Waals surface area contributed by atoms with Crippen molar-refractivity contribution in [3.8, 4) is 5.75 Å². The molecule has 0 bridgehead atoms. The van der Waals surface area contributed by atoms with Gasteiger partial charge in [-0.2, -0.15) is 13.1 Å². The van der Waals surface area contributed by atoms with E-state index < -0.39 is 41.0 Å². The first-order valence-electron chi connectivity index (χ1n) is 9.31. The van der Waals surface area contributed by atoms with Crippen molar-refractivity contribution in [3.05, 3.63) is 41.8 Å². The number of hydrogen-bond acceptors (Lipinski definition) is 7. The number of esters is 1. The molecule has 0 radical (unpaired) electrons. The molecule has 0 aliphatic carbocycles. The van der Waals surface area contributed by atoms with Gasteiger partial charge in [-0.3, -0.25) is 9.59 Å². The highest BCUT2D eigenvalue weighted by Gasteiger charge is 2.33. The van der Waals surface area contributed by atoms with E-state index >= 15 is 0 Å². The normalized spacial score (nSPS) is 15.6. The number of amides is 1. The molecule has 1 aromatic heterocycles. The Hall–Kier alpha value is -2.57. The van der Waals surface area contributed by atoms with Gasteiger partial charge in [-0.05, 0) is 48.6 Å². The smallest absolute Gasteiger partial charge is 0.387 e. The zero-order valence-electron chi connectivity index (χ0n) is 16.2. The highest BCUT2D eigenvalue weighted by atomic mass is 32.2. The number of benzene rings is 1. The minimum absolute atomic E-state index is 0.0492. The fourth-order valence-electron chi connectivity index (χ4n) is 3.04. The molecular formula is C19H20F2N2O6S2. The molecule has 1 fully saturated rings. The minimum Gasteiger partial charge on any atom is -0.455 e. The Balaban J connectivity index is 1.42. The lowest BCUT2D eigenvalue weighted by molar-refractivity contribution is -0.152. The van der Waals surface area contributed by atoms with E-state index in [-0.39, 0.29) is 23.0 Å². The van der Waals surface area contributed by atoms with Gasteiger partial charge < -0.3 is 14.8 Å². The Labute approximate surface area is 181 Å². The van der Waals surface area contributed by atoms with Crippen molar-refractivity contribution in [2.45, 2.75) is 23.7 Å². The summed E-state index contributed by atoms with van der Waals surface area (Å²) in [6.45, 7) is -3.07. The summed E-state index contributed by atoms with van der Waals surface area (Å²) in [5.41, 5.74) is 0.328. The highest BCUT2D eigenvalue weighted by Crippen LogP contribution is 2.27. The van der Waals surface area contributed by atoms with Crippen molar-refractivity contribution in [3.63, 3.8) is 0 Å². The Morgan fingerprint density at radius 1 is 1.16 bits per heavy atom. The average molecular weight is 475 g/mol. The van der Waals surface area contributed by atoms with E-state index in [1.165, 1.54) is 28.6 Å². The number of thiophene rings is 1. The summed E-state index contributed by atoms with van der Waals surface area (Å²) in [4.78, 5) is 24.2.